The van der Waals surface area contributed by atoms with Gasteiger partial charge in [0.2, 0.25) is 0 Å². The maximum atomic E-state index is 12.0. The Hall–Kier alpha value is -1.37. The molecule has 0 spiro atoms. The van der Waals surface area contributed by atoms with E-state index in [0.29, 0.717) is 0 Å². The minimum Gasteiger partial charge on any atom is -0.374 e. The predicted molar refractivity (Wildman–Crippen MR) is 82.5 cm³/mol. The monoisotopic (exact) mass is 381 g/mol. The maximum absolute atomic E-state index is 12.0. The molecule has 0 saturated carbocycles. The summed E-state index contributed by atoms with van der Waals surface area (Å²) in [4.78, 5) is 43.3. The molecule has 1 aliphatic heterocycles. The fourth-order valence-corrected chi connectivity index (χ4v) is 3.28. The van der Waals surface area contributed by atoms with Gasteiger partial charge in [0.25, 0.3) is 5.56 Å². The van der Waals surface area contributed by atoms with Gasteiger partial charge in [0.1, 0.15) is 18.3 Å². The van der Waals surface area contributed by atoms with E-state index in [0.717, 1.165) is 10.6 Å². The second-order valence-electron chi connectivity index (χ2n) is 5.31. The molecule has 1 aromatic rings. The smallest absolute Gasteiger partial charge is 0.374 e. The standard InChI is InChI=1S/C12H20N3O9P/c1-6(24-25(18,19)20)8-9(22-5-13)10(21-2)11(23-8)15-4-3-7(16)14-12(15)17/h3-4,6,8-11H,5,13H2,1-2H3,(H,14,16,17)(H2,18,19,20)/t6-,8+,9?,10?,11+/m0/s1. The van der Waals surface area contributed by atoms with Crippen LogP contribution in [0.15, 0.2) is 21.9 Å². The van der Waals surface area contributed by atoms with Gasteiger partial charge in [-0.15, -0.1) is 0 Å². The molecule has 0 aliphatic carbocycles. The van der Waals surface area contributed by atoms with Crippen molar-refractivity contribution in [2.45, 2.75) is 37.6 Å². The van der Waals surface area contributed by atoms with Crippen LogP contribution in [0.2, 0.25) is 0 Å². The van der Waals surface area contributed by atoms with E-state index in [-0.39, 0.29) is 6.73 Å². The van der Waals surface area contributed by atoms with E-state index in [1.54, 1.807) is 0 Å². The van der Waals surface area contributed by atoms with Crippen LogP contribution in [-0.2, 0) is 23.3 Å². The van der Waals surface area contributed by atoms with Gasteiger partial charge in [0.15, 0.2) is 6.23 Å². The number of rotatable bonds is 7. The average Bonchev–Trinajstić information content (AvgIpc) is 2.84. The number of H-pyrrole nitrogens is 1. The van der Waals surface area contributed by atoms with E-state index >= 15 is 0 Å². The molecule has 0 amide bonds. The highest BCUT2D eigenvalue weighted by Crippen LogP contribution is 2.42. The van der Waals surface area contributed by atoms with Gasteiger partial charge in [-0.2, -0.15) is 0 Å². The summed E-state index contributed by atoms with van der Waals surface area (Å²) >= 11 is 0. The Bertz CT molecular complexity index is 744. The molecule has 1 saturated heterocycles. The van der Waals surface area contributed by atoms with Crippen molar-refractivity contribution in [3.05, 3.63) is 33.1 Å². The molecule has 1 aliphatic rings. The van der Waals surface area contributed by atoms with Gasteiger partial charge >= 0.3 is 13.5 Å². The molecule has 1 aromatic heterocycles. The van der Waals surface area contributed by atoms with Crippen LogP contribution < -0.4 is 17.0 Å². The Morgan fingerprint density at radius 1 is 1.44 bits per heavy atom. The number of ether oxygens (including phenoxy) is 3. The highest BCUT2D eigenvalue weighted by atomic mass is 31.2. The largest absolute Gasteiger partial charge is 0.469 e. The van der Waals surface area contributed by atoms with E-state index in [1.165, 1.54) is 20.2 Å². The summed E-state index contributed by atoms with van der Waals surface area (Å²) in [6.45, 7) is 1.15. The van der Waals surface area contributed by atoms with Gasteiger partial charge in [-0.1, -0.05) is 0 Å². The van der Waals surface area contributed by atoms with E-state index in [4.69, 9.17) is 29.7 Å². The van der Waals surface area contributed by atoms with Crippen molar-refractivity contribution >= 4 is 7.82 Å². The number of nitrogens with two attached hydrogens (primary N) is 1. The molecule has 0 radical (unpaired) electrons. The molecule has 13 heteroatoms. The van der Waals surface area contributed by atoms with E-state index < -0.39 is 49.7 Å². The summed E-state index contributed by atoms with van der Waals surface area (Å²) < 4.78 is 33.2. The first-order valence-corrected chi connectivity index (χ1v) is 8.76. The zero-order valence-electron chi connectivity index (χ0n) is 13.5. The molecule has 2 heterocycles. The normalized spacial score (nSPS) is 28.2. The summed E-state index contributed by atoms with van der Waals surface area (Å²) in [5.41, 5.74) is 4.08. The van der Waals surface area contributed by atoms with Crippen molar-refractivity contribution in [1.82, 2.24) is 9.55 Å². The van der Waals surface area contributed by atoms with Crippen LogP contribution in [-0.4, -0.2) is 57.6 Å². The molecule has 25 heavy (non-hydrogen) atoms. The van der Waals surface area contributed by atoms with Gasteiger partial charge in [-0.3, -0.25) is 18.9 Å². The molecular formula is C12H20N3O9P. The number of aromatic nitrogens is 2. The molecule has 5 N–H and O–H groups in total. The van der Waals surface area contributed by atoms with Crippen molar-refractivity contribution in [2.75, 3.05) is 13.8 Å². The lowest BCUT2D eigenvalue weighted by Crippen LogP contribution is -2.43. The molecule has 12 nitrogen and oxygen atoms in total. The fraction of sp³-hybridized carbons (Fsp3) is 0.667. The third-order valence-electron chi connectivity index (χ3n) is 3.68. The predicted octanol–water partition coefficient (Wildman–Crippen LogP) is -1.75. The third-order valence-corrected chi connectivity index (χ3v) is 4.28. The molecule has 0 aromatic carbocycles. The Morgan fingerprint density at radius 2 is 2.12 bits per heavy atom. The lowest BCUT2D eigenvalue weighted by atomic mass is 10.1. The maximum Gasteiger partial charge on any atom is 0.469 e. The first-order chi connectivity index (χ1) is 11.7. The van der Waals surface area contributed by atoms with Crippen molar-refractivity contribution < 1.29 is 33.1 Å². The minimum absolute atomic E-state index is 0.222. The van der Waals surface area contributed by atoms with Gasteiger partial charge in [0, 0.05) is 19.4 Å². The van der Waals surface area contributed by atoms with E-state index in [9.17, 15) is 14.2 Å². The van der Waals surface area contributed by atoms with Crippen molar-refractivity contribution in [2.24, 2.45) is 5.73 Å². The van der Waals surface area contributed by atoms with Crippen molar-refractivity contribution in [1.29, 1.82) is 0 Å². The molecule has 2 unspecified atom stereocenters. The Balaban J connectivity index is 2.37. The first kappa shape index (κ1) is 19.9. The highest BCUT2D eigenvalue weighted by Gasteiger charge is 2.50. The lowest BCUT2D eigenvalue weighted by Gasteiger charge is -2.26. The molecule has 0 bridgehead atoms. The zero-order chi connectivity index (χ0) is 18.8. The number of nitrogens with one attached hydrogen (secondary N) is 1. The van der Waals surface area contributed by atoms with Crippen LogP contribution >= 0.6 is 7.82 Å². The number of hydrogen-bond donors (Lipinski definition) is 4. The molecule has 1 fully saturated rings. The average molecular weight is 381 g/mol. The second kappa shape index (κ2) is 7.89. The highest BCUT2D eigenvalue weighted by molar-refractivity contribution is 7.46. The summed E-state index contributed by atoms with van der Waals surface area (Å²) in [7, 11) is -3.43. The number of phosphoric ester groups is 1. The Kier molecular flexibility index (Phi) is 6.30. The fourth-order valence-electron chi connectivity index (χ4n) is 2.72. The van der Waals surface area contributed by atoms with Crippen LogP contribution in [0.3, 0.4) is 0 Å². The summed E-state index contributed by atoms with van der Waals surface area (Å²) in [5, 5.41) is 0. The Morgan fingerprint density at radius 3 is 2.64 bits per heavy atom. The van der Waals surface area contributed by atoms with Crippen molar-refractivity contribution in [3.8, 4) is 0 Å². The number of phosphoric acid groups is 1. The Labute approximate surface area is 141 Å². The first-order valence-electron chi connectivity index (χ1n) is 7.23. The van der Waals surface area contributed by atoms with Crippen LogP contribution in [0, 0.1) is 0 Å². The van der Waals surface area contributed by atoms with Gasteiger partial charge < -0.3 is 29.7 Å². The van der Waals surface area contributed by atoms with Gasteiger partial charge in [-0.25, -0.2) is 9.36 Å². The number of hydrogen-bond acceptors (Lipinski definition) is 8. The van der Waals surface area contributed by atoms with E-state index in [1.807, 2.05) is 0 Å². The minimum atomic E-state index is -4.78. The SMILES string of the molecule is COC1C(OCN)[C@@H]([C@H](C)OP(=O)(O)O)O[C@H]1n1ccc(=O)[nH]c1=O. The summed E-state index contributed by atoms with van der Waals surface area (Å²) in [6, 6.07) is 1.12. The van der Waals surface area contributed by atoms with Crippen LogP contribution in [0.5, 0.6) is 0 Å². The van der Waals surface area contributed by atoms with Crippen LogP contribution in [0.25, 0.3) is 0 Å². The number of methoxy groups -OCH3 is 1. The zero-order valence-corrected chi connectivity index (χ0v) is 14.4. The van der Waals surface area contributed by atoms with E-state index in [2.05, 4.69) is 9.51 Å². The van der Waals surface area contributed by atoms with Gasteiger partial charge in [0.05, 0.1) is 12.8 Å². The topological polar surface area (TPSA) is 175 Å². The van der Waals surface area contributed by atoms with Crippen LogP contribution in [0.4, 0.5) is 0 Å². The second-order valence-corrected chi connectivity index (χ2v) is 6.50. The molecule has 2 rings (SSSR count). The quantitative estimate of drug-likeness (QED) is 0.313. The summed E-state index contributed by atoms with van der Waals surface area (Å²) in [5.74, 6) is 0. The van der Waals surface area contributed by atoms with Crippen LogP contribution in [0.1, 0.15) is 13.2 Å². The number of nitrogens with zero attached hydrogens (tertiary/aromatic N) is 1. The number of aromatic amines is 1. The van der Waals surface area contributed by atoms with Crippen molar-refractivity contribution in [3.63, 3.8) is 0 Å². The molecule has 142 valence electrons. The molecule has 5 atom stereocenters. The summed E-state index contributed by atoms with van der Waals surface area (Å²) in [6.07, 6.45) is -3.63. The molecular weight excluding hydrogens is 361 g/mol. The third kappa shape index (κ3) is 4.63. The lowest BCUT2D eigenvalue weighted by molar-refractivity contribution is -0.0878. The van der Waals surface area contributed by atoms with Gasteiger partial charge in [-0.05, 0) is 6.92 Å².